The van der Waals surface area contributed by atoms with Gasteiger partial charge in [-0.25, -0.2) is 4.98 Å². The van der Waals surface area contributed by atoms with Crippen molar-refractivity contribution in [1.82, 2.24) is 35.5 Å². The standard InChI is InChI=1S/C36H38ClN7O11/c1-50-27-8-6-22(18-25(27)37)32-31(39-21-55-32)34(47)38-10-3-11-43-19-23(41-42-43)20-53-15-14-51-12-13-52-16-17-54-28-5-2-4-24-30(28)36(49)44(35(24)48)26-7-9-29(45)40-33(26)46/h2,4-6,8,18-19,21,26H,3,7,9-17,20H2,1H3,(H,38,47)(H,40,45,46). The summed E-state index contributed by atoms with van der Waals surface area (Å²) in [4.78, 5) is 67.6. The third-order valence-electron chi connectivity index (χ3n) is 8.54. The number of amides is 5. The Morgan fingerprint density at radius 3 is 2.55 bits per heavy atom. The van der Waals surface area contributed by atoms with Crippen LogP contribution in [0.4, 0.5) is 0 Å². The highest BCUT2D eigenvalue weighted by atomic mass is 35.5. The number of methoxy groups -OCH3 is 1. The fourth-order valence-corrected chi connectivity index (χ4v) is 6.15. The minimum atomic E-state index is -1.05. The molecule has 2 aliphatic rings. The summed E-state index contributed by atoms with van der Waals surface area (Å²) in [6.07, 6.45) is 3.69. The van der Waals surface area contributed by atoms with Gasteiger partial charge in [0.1, 0.15) is 29.8 Å². The molecule has 0 saturated carbocycles. The molecule has 18 nitrogen and oxygen atoms in total. The van der Waals surface area contributed by atoms with Gasteiger partial charge in [-0.05, 0) is 43.2 Å². The van der Waals surface area contributed by atoms with Crippen LogP contribution in [-0.4, -0.2) is 114 Å². The van der Waals surface area contributed by atoms with Crippen molar-refractivity contribution < 1.29 is 52.1 Å². The Kier molecular flexibility index (Phi) is 13.2. The topological polar surface area (TPSA) is 216 Å². The largest absolute Gasteiger partial charge is 0.495 e. The number of imide groups is 2. The number of piperidine rings is 1. The second kappa shape index (κ2) is 18.6. The molecular formula is C36H38ClN7O11. The molecular weight excluding hydrogens is 742 g/mol. The van der Waals surface area contributed by atoms with Gasteiger partial charge in [0.05, 0.1) is 69.1 Å². The minimum absolute atomic E-state index is 0.0390. The number of benzene rings is 2. The zero-order chi connectivity index (χ0) is 38.7. The molecule has 1 fully saturated rings. The number of aromatic nitrogens is 4. The summed E-state index contributed by atoms with van der Waals surface area (Å²) in [5, 5.41) is 13.6. The van der Waals surface area contributed by atoms with Gasteiger partial charge in [-0.15, -0.1) is 5.10 Å². The van der Waals surface area contributed by atoms with Gasteiger partial charge in [-0.1, -0.05) is 22.9 Å². The van der Waals surface area contributed by atoms with Crippen LogP contribution in [0, 0.1) is 0 Å². The zero-order valence-corrected chi connectivity index (χ0v) is 30.5. The third kappa shape index (κ3) is 9.52. The van der Waals surface area contributed by atoms with E-state index < -0.39 is 29.7 Å². The lowest BCUT2D eigenvalue weighted by Gasteiger charge is -2.27. The lowest BCUT2D eigenvalue weighted by molar-refractivity contribution is -0.136. The highest BCUT2D eigenvalue weighted by Gasteiger charge is 2.46. The first kappa shape index (κ1) is 39.0. The van der Waals surface area contributed by atoms with E-state index in [1.54, 1.807) is 41.2 Å². The smallest absolute Gasteiger partial charge is 0.273 e. The molecule has 19 heteroatoms. The van der Waals surface area contributed by atoms with Crippen LogP contribution in [-0.2, 0) is 37.0 Å². The van der Waals surface area contributed by atoms with E-state index in [1.165, 1.54) is 19.6 Å². The summed E-state index contributed by atoms with van der Waals surface area (Å²) in [5.41, 5.74) is 1.63. The third-order valence-corrected chi connectivity index (χ3v) is 8.84. The van der Waals surface area contributed by atoms with E-state index in [0.29, 0.717) is 73.7 Å². The van der Waals surface area contributed by atoms with E-state index >= 15 is 0 Å². The highest BCUT2D eigenvalue weighted by molar-refractivity contribution is 6.32. The molecule has 6 rings (SSSR count). The summed E-state index contributed by atoms with van der Waals surface area (Å²) in [7, 11) is 1.52. The number of nitrogens with one attached hydrogen (secondary N) is 2. The van der Waals surface area contributed by atoms with Crippen LogP contribution >= 0.6 is 11.6 Å². The molecule has 4 aromatic rings. The number of rotatable bonds is 20. The molecule has 0 spiro atoms. The van der Waals surface area contributed by atoms with Gasteiger partial charge < -0.3 is 33.4 Å². The molecule has 2 N–H and O–H groups in total. The Bertz CT molecular complexity index is 2030. The van der Waals surface area contributed by atoms with Gasteiger partial charge in [0.25, 0.3) is 17.7 Å². The van der Waals surface area contributed by atoms with E-state index in [-0.39, 0.29) is 61.1 Å². The van der Waals surface area contributed by atoms with Crippen molar-refractivity contribution in [3.63, 3.8) is 0 Å². The number of oxazole rings is 1. The van der Waals surface area contributed by atoms with Crippen LogP contribution in [0.2, 0.25) is 5.02 Å². The normalized spacial score (nSPS) is 15.3. The van der Waals surface area contributed by atoms with E-state index in [2.05, 4.69) is 25.9 Å². The molecule has 55 heavy (non-hydrogen) atoms. The molecule has 290 valence electrons. The molecule has 1 saturated heterocycles. The highest BCUT2D eigenvalue weighted by Crippen LogP contribution is 2.34. The van der Waals surface area contributed by atoms with Crippen molar-refractivity contribution in [2.45, 2.75) is 38.5 Å². The molecule has 1 unspecified atom stereocenters. The molecule has 0 radical (unpaired) electrons. The quantitative estimate of drug-likeness (QED) is 0.0974. The van der Waals surface area contributed by atoms with Crippen molar-refractivity contribution in [3.05, 3.63) is 76.5 Å². The van der Waals surface area contributed by atoms with E-state index in [0.717, 1.165) is 4.90 Å². The first-order valence-corrected chi connectivity index (χ1v) is 17.8. The summed E-state index contributed by atoms with van der Waals surface area (Å²) in [6, 6.07) is 8.68. The Labute approximate surface area is 319 Å². The summed E-state index contributed by atoms with van der Waals surface area (Å²) in [5.74, 6) is -1.70. The Balaban J connectivity index is 0.803. The van der Waals surface area contributed by atoms with Gasteiger partial charge in [0, 0.05) is 25.1 Å². The maximum absolute atomic E-state index is 13.2. The van der Waals surface area contributed by atoms with Crippen molar-refractivity contribution in [3.8, 4) is 22.8 Å². The van der Waals surface area contributed by atoms with E-state index in [9.17, 15) is 24.0 Å². The molecule has 5 amide bonds. The number of nitrogens with zero attached hydrogens (tertiary/aromatic N) is 5. The minimum Gasteiger partial charge on any atom is -0.495 e. The maximum atomic E-state index is 13.2. The van der Waals surface area contributed by atoms with Gasteiger partial charge >= 0.3 is 0 Å². The number of hydrogen-bond donors (Lipinski definition) is 2. The first-order chi connectivity index (χ1) is 26.7. The van der Waals surface area contributed by atoms with E-state index in [4.69, 9.17) is 39.7 Å². The molecule has 2 aromatic carbocycles. The molecule has 4 heterocycles. The van der Waals surface area contributed by atoms with Crippen LogP contribution in [0.1, 0.15) is 56.2 Å². The monoisotopic (exact) mass is 779 g/mol. The van der Waals surface area contributed by atoms with Crippen molar-refractivity contribution in [1.29, 1.82) is 0 Å². The molecule has 0 bridgehead atoms. The summed E-state index contributed by atoms with van der Waals surface area (Å²) < 4.78 is 34.8. The average Bonchev–Trinajstić information content (AvgIpc) is 3.91. The molecule has 2 aromatic heterocycles. The average molecular weight is 780 g/mol. The lowest BCUT2D eigenvalue weighted by Crippen LogP contribution is -2.54. The lowest BCUT2D eigenvalue weighted by atomic mass is 10.0. The fourth-order valence-electron chi connectivity index (χ4n) is 5.89. The number of halogens is 1. The number of ether oxygens (including phenoxy) is 5. The number of carbonyl (C=O) groups excluding carboxylic acids is 5. The predicted molar refractivity (Wildman–Crippen MR) is 190 cm³/mol. The maximum Gasteiger partial charge on any atom is 0.273 e. The van der Waals surface area contributed by atoms with Gasteiger partial charge in [-0.3, -0.25) is 38.9 Å². The number of fused-ring (bicyclic) bond motifs is 1. The van der Waals surface area contributed by atoms with Crippen molar-refractivity contribution in [2.24, 2.45) is 0 Å². The van der Waals surface area contributed by atoms with Gasteiger partial charge in [0.2, 0.25) is 11.8 Å². The Morgan fingerprint density at radius 1 is 1.00 bits per heavy atom. The number of aryl methyl sites for hydroxylation is 1. The predicted octanol–water partition coefficient (Wildman–Crippen LogP) is 2.45. The fraction of sp³-hybridized carbons (Fsp3) is 0.389. The molecule has 2 aliphatic heterocycles. The van der Waals surface area contributed by atoms with Crippen LogP contribution < -0.4 is 20.1 Å². The van der Waals surface area contributed by atoms with Crippen molar-refractivity contribution >= 4 is 41.1 Å². The number of hydrogen-bond acceptors (Lipinski definition) is 14. The molecule has 1 atom stereocenters. The van der Waals surface area contributed by atoms with E-state index in [1.807, 2.05) is 0 Å². The SMILES string of the molecule is COc1ccc(-c2ocnc2C(=O)NCCCn2cc(COCCOCCOCCOc3cccc4c3C(=O)N(C3CCC(=O)NC3=O)C4=O)nn2)cc1Cl. The van der Waals surface area contributed by atoms with Gasteiger partial charge in [0.15, 0.2) is 17.8 Å². The summed E-state index contributed by atoms with van der Waals surface area (Å²) in [6.45, 7) is 2.74. The number of carbonyl (C=O) groups is 5. The molecule has 0 aliphatic carbocycles. The second-order valence-corrected chi connectivity index (χ2v) is 12.6. The van der Waals surface area contributed by atoms with Crippen LogP contribution in [0.25, 0.3) is 11.3 Å². The van der Waals surface area contributed by atoms with Crippen molar-refractivity contribution in [2.75, 3.05) is 53.3 Å². The van der Waals surface area contributed by atoms with Crippen LogP contribution in [0.15, 0.2) is 53.4 Å². The van der Waals surface area contributed by atoms with Gasteiger partial charge in [-0.2, -0.15) is 0 Å². The second-order valence-electron chi connectivity index (χ2n) is 12.2. The summed E-state index contributed by atoms with van der Waals surface area (Å²) >= 11 is 6.22. The van der Waals surface area contributed by atoms with Crippen LogP contribution in [0.3, 0.4) is 0 Å². The first-order valence-electron chi connectivity index (χ1n) is 17.4. The Hall–Kier alpha value is -5.69. The van der Waals surface area contributed by atoms with Crippen LogP contribution in [0.5, 0.6) is 11.5 Å². The Morgan fingerprint density at radius 2 is 1.78 bits per heavy atom. The zero-order valence-electron chi connectivity index (χ0n) is 29.8.